The topological polar surface area (TPSA) is 80.7 Å². The molecule has 0 saturated carbocycles. The predicted octanol–water partition coefficient (Wildman–Crippen LogP) is 5.30. The fourth-order valence-corrected chi connectivity index (χ4v) is 4.25. The molecule has 12 heteroatoms. The molecule has 0 radical (unpaired) electrons. The summed E-state index contributed by atoms with van der Waals surface area (Å²) in [6, 6.07) is 4.51. The van der Waals surface area contributed by atoms with Crippen molar-refractivity contribution < 1.29 is 45.7 Å². The number of carbonyl (C=O) groups is 1. The van der Waals surface area contributed by atoms with Crippen molar-refractivity contribution in [2.75, 3.05) is 12.4 Å². The van der Waals surface area contributed by atoms with Gasteiger partial charge in [-0.1, -0.05) is 13.0 Å². The molecule has 1 aliphatic heterocycles. The quantitative estimate of drug-likeness (QED) is 0.520. The molecule has 1 saturated heterocycles. The fourth-order valence-electron chi connectivity index (χ4n) is 4.25. The van der Waals surface area contributed by atoms with E-state index in [1.165, 1.54) is 32.2 Å². The van der Waals surface area contributed by atoms with Gasteiger partial charge in [-0.15, -0.1) is 0 Å². The van der Waals surface area contributed by atoms with E-state index in [-0.39, 0.29) is 11.3 Å². The van der Waals surface area contributed by atoms with Crippen molar-refractivity contribution in [3.63, 3.8) is 0 Å². The molecule has 1 fully saturated rings. The molecule has 2 heterocycles. The molecule has 2 N–H and O–H groups in total. The first-order chi connectivity index (χ1) is 16.2. The van der Waals surface area contributed by atoms with Gasteiger partial charge in [0.05, 0.1) is 36.4 Å². The lowest BCUT2D eigenvalue weighted by atomic mass is 9.76. The monoisotopic (exact) mass is 506 g/mol. The molecule has 2 aromatic rings. The van der Waals surface area contributed by atoms with Crippen LogP contribution >= 0.6 is 0 Å². The minimum atomic E-state index is -4.92. The van der Waals surface area contributed by atoms with Gasteiger partial charge in [0.25, 0.3) is 12.3 Å². The van der Waals surface area contributed by atoms with Gasteiger partial charge in [-0.25, -0.2) is 13.2 Å². The molecular weight excluding hydrogens is 482 g/mol. The highest BCUT2D eigenvalue weighted by Crippen LogP contribution is 2.55. The number of aromatic nitrogens is 1. The lowest BCUT2D eigenvalue weighted by Gasteiger charge is -2.32. The number of nitrogens with zero attached hydrogens (tertiary/aromatic N) is 1. The average Bonchev–Trinajstić information content (AvgIpc) is 3.05. The van der Waals surface area contributed by atoms with Crippen LogP contribution in [0.3, 0.4) is 0 Å². The Labute approximate surface area is 197 Å². The first-order valence-corrected chi connectivity index (χ1v) is 10.6. The van der Waals surface area contributed by atoms with Crippen molar-refractivity contribution in [1.29, 1.82) is 0 Å². The number of alkyl halides is 5. The molecule has 192 valence electrons. The Morgan fingerprint density at radius 1 is 1.26 bits per heavy atom. The van der Waals surface area contributed by atoms with E-state index in [9.17, 15) is 36.2 Å². The number of amides is 1. The first-order valence-electron chi connectivity index (χ1n) is 10.6. The molecule has 3 rings (SSSR count). The van der Waals surface area contributed by atoms with Crippen molar-refractivity contribution in [2.24, 2.45) is 5.92 Å². The van der Waals surface area contributed by atoms with Crippen LogP contribution in [-0.2, 0) is 9.53 Å². The van der Waals surface area contributed by atoms with Gasteiger partial charge in [-0.2, -0.15) is 13.2 Å². The Morgan fingerprint density at radius 3 is 2.40 bits per heavy atom. The van der Waals surface area contributed by atoms with Crippen molar-refractivity contribution in [3.05, 3.63) is 53.1 Å². The summed E-state index contributed by atoms with van der Waals surface area (Å²) in [6.45, 7) is 3.41. The highest BCUT2D eigenvalue weighted by atomic mass is 19.4. The van der Waals surface area contributed by atoms with E-state index in [2.05, 4.69) is 10.3 Å². The van der Waals surface area contributed by atoms with E-state index in [4.69, 9.17) is 9.47 Å². The SMILES string of the molecule is COc1c([C@@H]2[C@@H](C(=O)Nc3ccc([C@@H](C)O)nc3)O[C@](C)(C(F)(F)F)[C@@H]2C)ccc(F)c1C(F)F. The second kappa shape index (κ2) is 9.65. The van der Waals surface area contributed by atoms with E-state index in [0.29, 0.717) is 11.8 Å². The van der Waals surface area contributed by atoms with Crippen LogP contribution < -0.4 is 10.1 Å². The van der Waals surface area contributed by atoms with Crippen LogP contribution in [0.4, 0.5) is 32.0 Å². The van der Waals surface area contributed by atoms with Gasteiger partial charge in [0.1, 0.15) is 17.7 Å². The number of pyridine rings is 1. The zero-order chi connectivity index (χ0) is 26.3. The molecule has 1 aromatic heterocycles. The third kappa shape index (κ3) is 4.81. The van der Waals surface area contributed by atoms with Crippen LogP contribution in [0.1, 0.15) is 56.0 Å². The van der Waals surface area contributed by atoms with Crippen LogP contribution in [-0.4, -0.2) is 41.0 Å². The Hall–Kier alpha value is -2.86. The number of hydrogen-bond donors (Lipinski definition) is 2. The highest BCUT2D eigenvalue weighted by molar-refractivity contribution is 5.95. The summed E-state index contributed by atoms with van der Waals surface area (Å²) in [7, 11) is 0.984. The zero-order valence-electron chi connectivity index (χ0n) is 19.2. The van der Waals surface area contributed by atoms with E-state index in [1.54, 1.807) is 0 Å². The number of rotatable bonds is 6. The fraction of sp³-hybridized carbons (Fsp3) is 0.478. The number of aliphatic hydroxyl groups is 1. The van der Waals surface area contributed by atoms with E-state index in [1.807, 2.05) is 0 Å². The lowest BCUT2D eigenvalue weighted by Crippen LogP contribution is -2.47. The number of benzene rings is 1. The normalized spacial score (nSPS) is 25.5. The Balaban J connectivity index is 2.08. The first kappa shape index (κ1) is 26.7. The summed E-state index contributed by atoms with van der Waals surface area (Å²) in [5, 5.41) is 12.0. The number of carbonyl (C=O) groups excluding carboxylic acids is 1. The maximum Gasteiger partial charge on any atom is 0.417 e. The Morgan fingerprint density at radius 2 is 1.91 bits per heavy atom. The third-order valence-corrected chi connectivity index (χ3v) is 6.36. The van der Waals surface area contributed by atoms with Crippen LogP contribution in [0.2, 0.25) is 0 Å². The maximum absolute atomic E-state index is 14.2. The van der Waals surface area contributed by atoms with Gasteiger partial charge in [0, 0.05) is 17.4 Å². The summed E-state index contributed by atoms with van der Waals surface area (Å²) in [5.41, 5.74) is -3.75. The maximum atomic E-state index is 14.2. The van der Waals surface area contributed by atoms with Gasteiger partial charge >= 0.3 is 6.18 Å². The molecule has 6 nitrogen and oxygen atoms in total. The smallest absolute Gasteiger partial charge is 0.417 e. The van der Waals surface area contributed by atoms with E-state index in [0.717, 1.165) is 20.1 Å². The average molecular weight is 506 g/mol. The van der Waals surface area contributed by atoms with Crippen LogP contribution in [0.15, 0.2) is 30.5 Å². The minimum absolute atomic E-state index is 0.106. The summed E-state index contributed by atoms with van der Waals surface area (Å²) in [6.07, 6.45) is -9.71. The highest BCUT2D eigenvalue weighted by Gasteiger charge is 2.66. The second-order valence-electron chi connectivity index (χ2n) is 8.48. The van der Waals surface area contributed by atoms with Crippen molar-refractivity contribution in [2.45, 2.75) is 57.1 Å². The number of halogens is 6. The number of hydrogen-bond acceptors (Lipinski definition) is 5. The summed E-state index contributed by atoms with van der Waals surface area (Å²) in [5.74, 6) is -5.80. The molecule has 1 amide bonds. The van der Waals surface area contributed by atoms with Gasteiger partial charge in [0.2, 0.25) is 0 Å². The number of ether oxygens (including phenoxy) is 2. The molecule has 5 atom stereocenters. The summed E-state index contributed by atoms with van der Waals surface area (Å²) < 4.78 is 93.6. The largest absolute Gasteiger partial charge is 0.496 e. The Kier molecular flexibility index (Phi) is 7.37. The summed E-state index contributed by atoms with van der Waals surface area (Å²) >= 11 is 0. The van der Waals surface area contributed by atoms with Gasteiger partial charge in [-0.05, 0) is 32.0 Å². The Bertz CT molecular complexity index is 1080. The molecular formula is C23H24F6N2O4. The standard InChI is InChI=1S/C23H24F6N2O4/c1-10-16(13-6-7-14(24)17(20(25)26)18(13)34-4)19(35-22(10,3)23(27,28)29)21(33)31-12-5-8-15(11(2)32)30-9-12/h5-11,16,19-20,32H,1-4H3,(H,31,33)/t10-,11-,16-,19+,22+/m1/s1. The minimum Gasteiger partial charge on any atom is -0.496 e. The second-order valence-corrected chi connectivity index (χ2v) is 8.48. The molecule has 35 heavy (non-hydrogen) atoms. The molecule has 1 aromatic carbocycles. The van der Waals surface area contributed by atoms with Gasteiger partial charge < -0.3 is 19.9 Å². The number of nitrogens with one attached hydrogen (secondary N) is 1. The van der Waals surface area contributed by atoms with Crippen molar-refractivity contribution >= 4 is 11.6 Å². The van der Waals surface area contributed by atoms with Gasteiger partial charge in [-0.3, -0.25) is 9.78 Å². The number of anilines is 1. The van der Waals surface area contributed by atoms with Crippen LogP contribution in [0.5, 0.6) is 5.75 Å². The zero-order valence-corrected chi connectivity index (χ0v) is 19.2. The predicted molar refractivity (Wildman–Crippen MR) is 113 cm³/mol. The van der Waals surface area contributed by atoms with Gasteiger partial charge in [0.15, 0.2) is 5.60 Å². The summed E-state index contributed by atoms with van der Waals surface area (Å²) in [4.78, 5) is 17.1. The molecule has 0 spiro atoms. The molecule has 0 unspecified atom stereocenters. The molecule has 0 aliphatic carbocycles. The van der Waals surface area contributed by atoms with Crippen molar-refractivity contribution in [1.82, 2.24) is 4.98 Å². The molecule has 0 bridgehead atoms. The number of methoxy groups -OCH3 is 1. The number of aliphatic hydroxyl groups excluding tert-OH is 1. The molecule has 1 aliphatic rings. The third-order valence-electron chi connectivity index (χ3n) is 6.36. The van der Waals surface area contributed by atoms with E-state index < -0.39 is 65.3 Å². The van der Waals surface area contributed by atoms with Crippen molar-refractivity contribution in [3.8, 4) is 5.75 Å². The van der Waals surface area contributed by atoms with E-state index >= 15 is 0 Å². The van der Waals surface area contributed by atoms with Crippen LogP contribution in [0, 0.1) is 11.7 Å². The lowest BCUT2D eigenvalue weighted by molar-refractivity contribution is -0.272. The van der Waals surface area contributed by atoms with Crippen LogP contribution in [0.25, 0.3) is 0 Å².